The van der Waals surface area contributed by atoms with Crippen molar-refractivity contribution in [2.24, 2.45) is 17.3 Å². The Morgan fingerprint density at radius 3 is 2.36 bits per heavy atom. The van der Waals surface area contributed by atoms with Crippen LogP contribution in [0, 0.1) is 17.3 Å². The van der Waals surface area contributed by atoms with Crippen molar-refractivity contribution in [1.29, 1.82) is 0 Å². The van der Waals surface area contributed by atoms with Crippen molar-refractivity contribution in [3.8, 4) is 0 Å². The summed E-state index contributed by atoms with van der Waals surface area (Å²) in [6.45, 7) is 2.16. The Labute approximate surface area is 85.7 Å². The van der Waals surface area contributed by atoms with Gasteiger partial charge in [0.05, 0.1) is 6.42 Å². The zero-order chi connectivity index (χ0) is 10.2. The van der Waals surface area contributed by atoms with Gasteiger partial charge in [0.2, 0.25) is 0 Å². The minimum Gasteiger partial charge on any atom is -0.481 e. The molecule has 2 nitrogen and oxygen atoms in total. The summed E-state index contributed by atoms with van der Waals surface area (Å²) >= 11 is 0. The van der Waals surface area contributed by atoms with Crippen molar-refractivity contribution < 1.29 is 9.90 Å². The molecular formula is C12H20O2. The number of carbonyl (C=O) groups is 1. The van der Waals surface area contributed by atoms with Gasteiger partial charge in [-0.15, -0.1) is 0 Å². The third kappa shape index (κ3) is 1.67. The molecule has 14 heavy (non-hydrogen) atoms. The number of fused-ring (bicyclic) bond motifs is 1. The molecule has 0 spiro atoms. The molecular weight excluding hydrogens is 176 g/mol. The van der Waals surface area contributed by atoms with Crippen LogP contribution in [-0.4, -0.2) is 11.1 Å². The molecule has 2 heteroatoms. The van der Waals surface area contributed by atoms with E-state index in [1.807, 2.05) is 0 Å². The van der Waals surface area contributed by atoms with Crippen LogP contribution in [0.2, 0.25) is 0 Å². The molecule has 0 aromatic heterocycles. The van der Waals surface area contributed by atoms with Gasteiger partial charge in [-0.25, -0.2) is 0 Å². The van der Waals surface area contributed by atoms with Gasteiger partial charge < -0.3 is 5.11 Å². The molecule has 2 saturated carbocycles. The molecule has 2 rings (SSSR count). The van der Waals surface area contributed by atoms with Crippen LogP contribution < -0.4 is 0 Å². The molecule has 2 atom stereocenters. The summed E-state index contributed by atoms with van der Waals surface area (Å²) in [7, 11) is 0. The van der Waals surface area contributed by atoms with E-state index >= 15 is 0 Å². The van der Waals surface area contributed by atoms with Crippen LogP contribution >= 0.6 is 0 Å². The topological polar surface area (TPSA) is 37.3 Å². The number of aliphatic carboxylic acids is 1. The van der Waals surface area contributed by atoms with Crippen molar-refractivity contribution in [3.05, 3.63) is 0 Å². The minimum atomic E-state index is -0.605. The van der Waals surface area contributed by atoms with E-state index in [4.69, 9.17) is 5.11 Å². The fraction of sp³-hybridized carbons (Fsp3) is 0.917. The first-order valence-electron chi connectivity index (χ1n) is 5.87. The first kappa shape index (κ1) is 10.0. The van der Waals surface area contributed by atoms with Crippen LogP contribution in [0.4, 0.5) is 0 Å². The second kappa shape index (κ2) is 3.56. The molecule has 0 radical (unpaired) electrons. The quantitative estimate of drug-likeness (QED) is 0.753. The molecule has 0 amide bonds. The van der Waals surface area contributed by atoms with E-state index in [1.54, 1.807) is 0 Å². The zero-order valence-electron chi connectivity index (χ0n) is 8.96. The lowest BCUT2D eigenvalue weighted by molar-refractivity contribution is -0.139. The van der Waals surface area contributed by atoms with E-state index in [2.05, 4.69) is 6.92 Å². The van der Waals surface area contributed by atoms with Crippen molar-refractivity contribution >= 4 is 5.97 Å². The van der Waals surface area contributed by atoms with Gasteiger partial charge in [0.25, 0.3) is 0 Å². The van der Waals surface area contributed by atoms with Gasteiger partial charge >= 0.3 is 5.97 Å². The van der Waals surface area contributed by atoms with Gasteiger partial charge in [0.1, 0.15) is 0 Å². The highest BCUT2D eigenvalue weighted by atomic mass is 16.4. The Morgan fingerprint density at radius 2 is 1.93 bits per heavy atom. The van der Waals surface area contributed by atoms with Gasteiger partial charge in [0, 0.05) is 0 Å². The Hall–Kier alpha value is -0.530. The SMILES string of the molecule is CCC1(CC(=O)O)C[C@H]2CCC[C@@H]2C1. The van der Waals surface area contributed by atoms with E-state index in [9.17, 15) is 4.79 Å². The summed E-state index contributed by atoms with van der Waals surface area (Å²) in [6, 6.07) is 0. The van der Waals surface area contributed by atoms with Gasteiger partial charge in [-0.05, 0) is 36.5 Å². The highest BCUT2D eigenvalue weighted by Crippen LogP contribution is 2.55. The monoisotopic (exact) mass is 196 g/mol. The van der Waals surface area contributed by atoms with Crippen LogP contribution in [0.3, 0.4) is 0 Å². The van der Waals surface area contributed by atoms with Crippen LogP contribution in [0.25, 0.3) is 0 Å². The highest BCUT2D eigenvalue weighted by Gasteiger charge is 2.46. The largest absolute Gasteiger partial charge is 0.481 e. The average molecular weight is 196 g/mol. The molecule has 0 saturated heterocycles. The van der Waals surface area contributed by atoms with Crippen LogP contribution in [0.1, 0.15) is 51.9 Å². The molecule has 1 N–H and O–H groups in total. The number of carboxylic acids is 1. The average Bonchev–Trinajstić information content (AvgIpc) is 2.61. The summed E-state index contributed by atoms with van der Waals surface area (Å²) in [5.74, 6) is 1.11. The van der Waals surface area contributed by atoms with Crippen molar-refractivity contribution in [1.82, 2.24) is 0 Å². The van der Waals surface area contributed by atoms with E-state index in [0.29, 0.717) is 6.42 Å². The second-order valence-electron chi connectivity index (χ2n) is 5.28. The number of rotatable bonds is 3. The maximum absolute atomic E-state index is 10.8. The summed E-state index contributed by atoms with van der Waals surface area (Å²) in [4.78, 5) is 10.8. The predicted octanol–water partition coefficient (Wildman–Crippen LogP) is 3.07. The van der Waals surface area contributed by atoms with Gasteiger partial charge in [-0.1, -0.05) is 26.2 Å². The molecule has 2 aliphatic rings. The smallest absolute Gasteiger partial charge is 0.303 e. The standard InChI is InChI=1S/C12H20O2/c1-2-12(8-11(13)14)6-9-4-3-5-10(9)7-12/h9-10H,2-8H2,1H3,(H,13,14)/t9-,10-/m1/s1. The van der Waals surface area contributed by atoms with E-state index in [-0.39, 0.29) is 5.41 Å². The van der Waals surface area contributed by atoms with Crippen LogP contribution in [0.5, 0.6) is 0 Å². The van der Waals surface area contributed by atoms with Crippen molar-refractivity contribution in [2.75, 3.05) is 0 Å². The Kier molecular flexibility index (Phi) is 2.54. The van der Waals surface area contributed by atoms with Crippen LogP contribution in [-0.2, 0) is 4.79 Å². The minimum absolute atomic E-state index is 0.154. The van der Waals surface area contributed by atoms with Gasteiger partial charge in [0.15, 0.2) is 0 Å². The zero-order valence-corrected chi connectivity index (χ0v) is 8.96. The molecule has 0 unspecified atom stereocenters. The second-order valence-corrected chi connectivity index (χ2v) is 5.28. The van der Waals surface area contributed by atoms with E-state index in [1.165, 1.54) is 32.1 Å². The lowest BCUT2D eigenvalue weighted by Crippen LogP contribution is -2.21. The highest BCUT2D eigenvalue weighted by molar-refractivity contribution is 5.67. The maximum Gasteiger partial charge on any atom is 0.303 e. The fourth-order valence-corrected chi connectivity index (χ4v) is 3.73. The molecule has 0 aliphatic heterocycles. The Balaban J connectivity index is 2.05. The molecule has 80 valence electrons. The van der Waals surface area contributed by atoms with E-state index < -0.39 is 5.97 Å². The number of hydrogen-bond donors (Lipinski definition) is 1. The Bertz CT molecular complexity index is 222. The first-order valence-corrected chi connectivity index (χ1v) is 5.87. The third-order valence-electron chi connectivity index (χ3n) is 4.48. The fourth-order valence-electron chi connectivity index (χ4n) is 3.73. The van der Waals surface area contributed by atoms with Gasteiger partial charge in [-0.3, -0.25) is 4.79 Å². The van der Waals surface area contributed by atoms with E-state index in [0.717, 1.165) is 18.3 Å². The third-order valence-corrected chi connectivity index (χ3v) is 4.48. The summed E-state index contributed by atoms with van der Waals surface area (Å²) in [6.07, 6.45) is 7.89. The lowest BCUT2D eigenvalue weighted by atomic mass is 9.78. The van der Waals surface area contributed by atoms with Gasteiger partial charge in [-0.2, -0.15) is 0 Å². The summed E-state index contributed by atoms with van der Waals surface area (Å²) in [5.41, 5.74) is 0.154. The molecule has 2 aliphatic carbocycles. The normalized spacial score (nSPS) is 34.4. The Morgan fingerprint density at radius 1 is 1.36 bits per heavy atom. The number of hydrogen-bond acceptors (Lipinski definition) is 1. The summed E-state index contributed by atoms with van der Waals surface area (Å²) < 4.78 is 0. The maximum atomic E-state index is 10.8. The predicted molar refractivity (Wildman–Crippen MR) is 55.0 cm³/mol. The van der Waals surface area contributed by atoms with Crippen molar-refractivity contribution in [3.63, 3.8) is 0 Å². The molecule has 2 fully saturated rings. The molecule has 0 bridgehead atoms. The summed E-state index contributed by atoms with van der Waals surface area (Å²) in [5, 5.41) is 8.93. The van der Waals surface area contributed by atoms with Crippen LogP contribution in [0.15, 0.2) is 0 Å². The number of carboxylic acid groups (broad SMARTS) is 1. The molecule has 0 heterocycles. The van der Waals surface area contributed by atoms with Crippen molar-refractivity contribution in [2.45, 2.75) is 51.9 Å². The molecule has 0 aromatic rings. The first-order chi connectivity index (χ1) is 6.65. The molecule has 0 aromatic carbocycles. The lowest BCUT2D eigenvalue weighted by Gasteiger charge is -2.26.